The van der Waals surface area contributed by atoms with E-state index in [9.17, 15) is 5.11 Å². The molecule has 0 rings (SSSR count). The molecule has 0 aliphatic carbocycles. The number of unbranched alkanes of at least 4 members (excludes halogenated alkanes) is 15. The van der Waals surface area contributed by atoms with Crippen LogP contribution in [0.25, 0.3) is 0 Å². The highest BCUT2D eigenvalue weighted by Crippen LogP contribution is 2.15. The van der Waals surface area contributed by atoms with E-state index in [4.69, 9.17) is 0 Å². The topological polar surface area (TPSA) is 20.2 Å². The summed E-state index contributed by atoms with van der Waals surface area (Å²) in [6.07, 6.45) is 22.9. The molecule has 0 heterocycles. The molecule has 0 aromatic heterocycles. The summed E-state index contributed by atoms with van der Waals surface area (Å²) in [5.74, 6) is 0. The van der Waals surface area contributed by atoms with Crippen LogP contribution >= 0.6 is 0 Å². The molecule has 0 saturated heterocycles. The summed E-state index contributed by atoms with van der Waals surface area (Å²) >= 11 is 0. The van der Waals surface area contributed by atoms with Crippen LogP contribution in [-0.2, 0) is 0 Å². The van der Waals surface area contributed by atoms with Gasteiger partial charge < -0.3 is 22.0 Å². The normalized spacial score (nSPS) is 11.6. The van der Waals surface area contributed by atoms with E-state index in [-0.39, 0.29) is 12.4 Å². The molecule has 0 amide bonds. The molecular formula is C24H52ClNO. The summed E-state index contributed by atoms with van der Waals surface area (Å²) in [6.45, 7) is 11.7. The Balaban J connectivity index is 0. The van der Waals surface area contributed by atoms with E-state index in [0.717, 1.165) is 24.1 Å². The van der Waals surface area contributed by atoms with Crippen molar-refractivity contribution in [3.05, 3.63) is 0 Å². The van der Waals surface area contributed by atoms with Gasteiger partial charge in [-0.05, 0) is 26.7 Å². The van der Waals surface area contributed by atoms with E-state index >= 15 is 0 Å². The van der Waals surface area contributed by atoms with Crippen molar-refractivity contribution in [2.24, 2.45) is 0 Å². The largest absolute Gasteiger partial charge is 1.00 e. The van der Waals surface area contributed by atoms with Crippen LogP contribution in [0.15, 0.2) is 0 Å². The summed E-state index contributed by atoms with van der Waals surface area (Å²) < 4.78 is 1.11. The van der Waals surface area contributed by atoms with E-state index in [0.29, 0.717) is 6.61 Å². The van der Waals surface area contributed by atoms with Crippen LogP contribution in [0.5, 0.6) is 0 Å². The van der Waals surface area contributed by atoms with Gasteiger partial charge in [-0.1, -0.05) is 96.8 Å². The second-order valence-corrected chi connectivity index (χ2v) is 8.45. The predicted octanol–water partition coefficient (Wildman–Crippen LogP) is 4.10. The number of nitrogens with zero attached hydrogens (tertiary/aromatic N) is 1. The van der Waals surface area contributed by atoms with Gasteiger partial charge in [0.15, 0.2) is 0 Å². The third-order valence-corrected chi connectivity index (χ3v) is 6.40. The van der Waals surface area contributed by atoms with Crippen LogP contribution in [0.4, 0.5) is 0 Å². The Kier molecular flexibility index (Phi) is 24.5. The first kappa shape index (κ1) is 29.4. The Morgan fingerprint density at radius 3 is 1.11 bits per heavy atom. The highest BCUT2D eigenvalue weighted by atomic mass is 35.5. The summed E-state index contributed by atoms with van der Waals surface area (Å²) in [7, 11) is 0. The Bertz CT molecular complexity index is 269. The number of aliphatic hydroxyl groups is 1. The van der Waals surface area contributed by atoms with Gasteiger partial charge in [-0.3, -0.25) is 0 Å². The van der Waals surface area contributed by atoms with E-state index < -0.39 is 0 Å². The standard InChI is InChI=1S/C24H52NO.ClH/c1-4-7-8-9-10-11-12-13-14-15-16-17-18-19-20-21-22-25(5-2,6-3)23-24-26;/h26H,4-24H2,1-3H3;1H/q+1;/p-1. The summed E-state index contributed by atoms with van der Waals surface area (Å²) in [6, 6.07) is 0. The molecule has 0 aliphatic rings. The van der Waals surface area contributed by atoms with Crippen molar-refractivity contribution in [3.8, 4) is 0 Å². The van der Waals surface area contributed by atoms with Gasteiger partial charge in [-0.2, -0.15) is 0 Å². The molecule has 27 heavy (non-hydrogen) atoms. The lowest BCUT2D eigenvalue weighted by Gasteiger charge is -2.36. The van der Waals surface area contributed by atoms with Crippen molar-refractivity contribution in [1.29, 1.82) is 0 Å². The molecule has 0 fully saturated rings. The van der Waals surface area contributed by atoms with Gasteiger partial charge in [-0.15, -0.1) is 0 Å². The highest BCUT2D eigenvalue weighted by Gasteiger charge is 2.21. The molecule has 0 aliphatic heterocycles. The number of halogens is 1. The molecular weight excluding hydrogens is 354 g/mol. The maximum atomic E-state index is 9.28. The second-order valence-electron chi connectivity index (χ2n) is 8.45. The van der Waals surface area contributed by atoms with Gasteiger partial charge in [0, 0.05) is 0 Å². The van der Waals surface area contributed by atoms with Crippen molar-refractivity contribution in [1.82, 2.24) is 0 Å². The monoisotopic (exact) mass is 405 g/mol. The molecule has 166 valence electrons. The third-order valence-electron chi connectivity index (χ3n) is 6.40. The average Bonchev–Trinajstić information content (AvgIpc) is 2.66. The molecule has 3 heteroatoms. The zero-order valence-electron chi connectivity index (χ0n) is 19.1. The lowest BCUT2D eigenvalue weighted by Crippen LogP contribution is -3.00. The molecule has 0 unspecified atom stereocenters. The lowest BCUT2D eigenvalue weighted by molar-refractivity contribution is -0.925. The summed E-state index contributed by atoms with van der Waals surface area (Å²) in [5, 5.41) is 9.28. The van der Waals surface area contributed by atoms with Crippen LogP contribution < -0.4 is 12.4 Å². The van der Waals surface area contributed by atoms with Crippen LogP contribution in [0.3, 0.4) is 0 Å². The quantitative estimate of drug-likeness (QED) is 0.225. The second kappa shape index (κ2) is 22.5. The van der Waals surface area contributed by atoms with Gasteiger partial charge >= 0.3 is 0 Å². The third kappa shape index (κ3) is 18.0. The Labute approximate surface area is 178 Å². The number of hydrogen-bond donors (Lipinski definition) is 1. The highest BCUT2D eigenvalue weighted by molar-refractivity contribution is 4.50. The lowest BCUT2D eigenvalue weighted by atomic mass is 10.0. The first-order valence-electron chi connectivity index (χ1n) is 12.2. The summed E-state index contributed by atoms with van der Waals surface area (Å²) in [5.41, 5.74) is 0. The van der Waals surface area contributed by atoms with Crippen LogP contribution in [0, 0.1) is 0 Å². The molecule has 2 nitrogen and oxygen atoms in total. The van der Waals surface area contributed by atoms with Crippen molar-refractivity contribution >= 4 is 0 Å². The predicted molar refractivity (Wildman–Crippen MR) is 118 cm³/mol. The number of aliphatic hydroxyl groups excluding tert-OH is 1. The van der Waals surface area contributed by atoms with E-state index in [2.05, 4.69) is 20.8 Å². The average molecular weight is 406 g/mol. The maximum absolute atomic E-state index is 9.28. The first-order chi connectivity index (χ1) is 12.7. The molecule has 0 aromatic rings. The fourth-order valence-electron chi connectivity index (χ4n) is 4.18. The van der Waals surface area contributed by atoms with Crippen molar-refractivity contribution < 1.29 is 22.0 Å². The number of hydrogen-bond acceptors (Lipinski definition) is 1. The van der Waals surface area contributed by atoms with E-state index in [1.54, 1.807) is 0 Å². The Morgan fingerprint density at radius 2 is 0.815 bits per heavy atom. The minimum atomic E-state index is 0. The molecule has 0 aromatic carbocycles. The van der Waals surface area contributed by atoms with Crippen LogP contribution in [-0.4, -0.2) is 42.4 Å². The smallest absolute Gasteiger partial charge is 0.102 e. The van der Waals surface area contributed by atoms with Crippen molar-refractivity contribution in [3.63, 3.8) is 0 Å². The zero-order valence-corrected chi connectivity index (χ0v) is 19.9. The van der Waals surface area contributed by atoms with Crippen LogP contribution in [0.2, 0.25) is 0 Å². The van der Waals surface area contributed by atoms with Gasteiger partial charge in [0.1, 0.15) is 6.54 Å². The molecule has 0 atom stereocenters. The van der Waals surface area contributed by atoms with E-state index in [1.807, 2.05) is 0 Å². The number of quaternary nitrogens is 1. The van der Waals surface area contributed by atoms with Gasteiger partial charge in [0.25, 0.3) is 0 Å². The molecule has 0 radical (unpaired) electrons. The van der Waals surface area contributed by atoms with Gasteiger partial charge in [-0.25, -0.2) is 0 Å². The minimum Gasteiger partial charge on any atom is -1.00 e. The number of likely N-dealkylation sites (N-methyl/N-ethyl adjacent to an activating group) is 1. The van der Waals surface area contributed by atoms with E-state index in [1.165, 1.54) is 109 Å². The first-order valence-corrected chi connectivity index (χ1v) is 12.2. The fraction of sp³-hybridized carbons (Fsp3) is 1.00. The molecule has 1 N–H and O–H groups in total. The van der Waals surface area contributed by atoms with Crippen molar-refractivity contribution in [2.75, 3.05) is 32.8 Å². The molecule has 0 spiro atoms. The summed E-state index contributed by atoms with van der Waals surface area (Å²) in [4.78, 5) is 0. The van der Waals surface area contributed by atoms with Crippen LogP contribution in [0.1, 0.15) is 124 Å². The van der Waals surface area contributed by atoms with Gasteiger partial charge in [0.05, 0.1) is 26.2 Å². The molecule has 0 bridgehead atoms. The molecule has 0 saturated carbocycles. The zero-order chi connectivity index (χ0) is 19.3. The maximum Gasteiger partial charge on any atom is 0.102 e. The number of rotatable bonds is 21. The minimum absolute atomic E-state index is 0. The van der Waals surface area contributed by atoms with Gasteiger partial charge in [0.2, 0.25) is 0 Å². The SMILES string of the molecule is CCCCCCCCCCCCCCCCCC[N+](CC)(CC)CCO.[Cl-]. The Hall–Kier alpha value is 0.210. The Morgan fingerprint density at radius 1 is 0.481 bits per heavy atom. The fourth-order valence-corrected chi connectivity index (χ4v) is 4.18. The van der Waals surface area contributed by atoms with Crippen molar-refractivity contribution in [2.45, 2.75) is 124 Å².